The number of benzene rings is 1. The number of nitrogens with zero attached hydrogens (tertiary/aromatic N) is 2. The molecule has 0 radical (unpaired) electrons. The largest absolute Gasteiger partial charge is 0.497 e. The summed E-state index contributed by atoms with van der Waals surface area (Å²) < 4.78 is 10.5. The van der Waals surface area contributed by atoms with E-state index in [9.17, 15) is 0 Å². The van der Waals surface area contributed by atoms with Crippen LogP contribution < -0.4 is 9.47 Å². The molecular formula is C14H15ClN2O2. The Morgan fingerprint density at radius 1 is 0.895 bits per heavy atom. The van der Waals surface area contributed by atoms with Gasteiger partial charge in [0, 0.05) is 11.6 Å². The molecule has 2 rings (SSSR count). The number of ether oxygens (including phenoxy) is 2. The maximum Gasteiger partial charge on any atom is 0.154 e. The summed E-state index contributed by atoms with van der Waals surface area (Å²) in [6, 6.07) is 5.61. The van der Waals surface area contributed by atoms with Gasteiger partial charge in [-0.2, -0.15) is 0 Å². The molecule has 1 aromatic carbocycles. The van der Waals surface area contributed by atoms with Gasteiger partial charge < -0.3 is 9.47 Å². The average molecular weight is 279 g/mol. The van der Waals surface area contributed by atoms with Crippen molar-refractivity contribution < 1.29 is 9.47 Å². The molecule has 0 aliphatic heterocycles. The second-order valence-corrected chi connectivity index (χ2v) is 4.55. The van der Waals surface area contributed by atoms with Gasteiger partial charge in [0.15, 0.2) is 5.15 Å². The zero-order valence-electron chi connectivity index (χ0n) is 11.3. The van der Waals surface area contributed by atoms with Gasteiger partial charge >= 0.3 is 0 Å². The van der Waals surface area contributed by atoms with E-state index in [1.807, 2.05) is 32.0 Å². The zero-order valence-corrected chi connectivity index (χ0v) is 12.1. The average Bonchev–Trinajstić information content (AvgIpc) is 2.44. The van der Waals surface area contributed by atoms with E-state index in [1.54, 1.807) is 14.2 Å². The lowest BCUT2D eigenvalue weighted by Gasteiger charge is -2.11. The molecule has 5 heteroatoms. The van der Waals surface area contributed by atoms with Gasteiger partial charge in [-0.3, -0.25) is 0 Å². The zero-order chi connectivity index (χ0) is 14.0. The van der Waals surface area contributed by atoms with E-state index in [4.69, 9.17) is 21.1 Å². The molecule has 19 heavy (non-hydrogen) atoms. The molecule has 100 valence electrons. The molecule has 0 bridgehead atoms. The third-order valence-electron chi connectivity index (χ3n) is 3.09. The van der Waals surface area contributed by atoms with Crippen LogP contribution in [0.5, 0.6) is 11.5 Å². The lowest BCUT2D eigenvalue weighted by molar-refractivity contribution is 0.394. The smallest absolute Gasteiger partial charge is 0.154 e. The molecule has 2 aromatic rings. The third-order valence-corrected chi connectivity index (χ3v) is 3.45. The van der Waals surface area contributed by atoms with E-state index in [1.165, 1.54) is 0 Å². The van der Waals surface area contributed by atoms with E-state index >= 15 is 0 Å². The molecule has 1 aromatic heterocycles. The van der Waals surface area contributed by atoms with Crippen LogP contribution >= 0.6 is 11.6 Å². The highest BCUT2D eigenvalue weighted by Crippen LogP contribution is 2.31. The minimum Gasteiger partial charge on any atom is -0.497 e. The van der Waals surface area contributed by atoms with E-state index in [0.29, 0.717) is 16.7 Å². The molecule has 0 atom stereocenters. The Bertz CT molecular complexity index is 592. The van der Waals surface area contributed by atoms with Crippen LogP contribution in [0.3, 0.4) is 0 Å². The number of rotatable bonds is 3. The SMILES string of the molecule is COc1cc(OC)cc(-c2nnc(Cl)c(C)c2C)c1. The van der Waals surface area contributed by atoms with Crippen molar-refractivity contribution in [2.45, 2.75) is 13.8 Å². The summed E-state index contributed by atoms with van der Waals surface area (Å²) in [5.41, 5.74) is 3.59. The monoisotopic (exact) mass is 278 g/mol. The number of hydrogen-bond donors (Lipinski definition) is 0. The van der Waals surface area contributed by atoms with E-state index in [0.717, 1.165) is 22.4 Å². The van der Waals surface area contributed by atoms with Gasteiger partial charge in [0.05, 0.1) is 19.9 Å². The van der Waals surface area contributed by atoms with Crippen molar-refractivity contribution >= 4 is 11.6 Å². The summed E-state index contributed by atoms with van der Waals surface area (Å²) in [6.45, 7) is 3.89. The molecule has 0 aliphatic carbocycles. The summed E-state index contributed by atoms with van der Waals surface area (Å²) in [7, 11) is 3.23. The van der Waals surface area contributed by atoms with Crippen molar-refractivity contribution in [3.63, 3.8) is 0 Å². The number of aromatic nitrogens is 2. The standard InChI is InChI=1S/C14H15ClN2O2/c1-8-9(2)14(15)17-16-13(8)10-5-11(18-3)7-12(6-10)19-4/h5-7H,1-4H3. The molecule has 0 saturated heterocycles. The fraction of sp³-hybridized carbons (Fsp3) is 0.286. The molecule has 1 heterocycles. The lowest BCUT2D eigenvalue weighted by atomic mass is 10.0. The van der Waals surface area contributed by atoms with E-state index in [2.05, 4.69) is 10.2 Å². The van der Waals surface area contributed by atoms with E-state index in [-0.39, 0.29) is 0 Å². The van der Waals surface area contributed by atoms with Gasteiger partial charge in [0.2, 0.25) is 0 Å². The Morgan fingerprint density at radius 3 is 2.00 bits per heavy atom. The van der Waals surface area contributed by atoms with Crippen LogP contribution in [0.1, 0.15) is 11.1 Å². The highest BCUT2D eigenvalue weighted by atomic mass is 35.5. The molecule has 0 fully saturated rings. The molecule has 0 aliphatic rings. The fourth-order valence-electron chi connectivity index (χ4n) is 1.79. The maximum atomic E-state index is 5.97. The van der Waals surface area contributed by atoms with Gasteiger partial charge in [-0.25, -0.2) is 0 Å². The van der Waals surface area contributed by atoms with E-state index < -0.39 is 0 Å². The van der Waals surface area contributed by atoms with Crippen LogP contribution in [-0.4, -0.2) is 24.4 Å². The molecule has 0 spiro atoms. The first-order chi connectivity index (χ1) is 9.06. The fourth-order valence-corrected chi connectivity index (χ4v) is 1.97. The Balaban J connectivity index is 2.61. The second-order valence-electron chi connectivity index (χ2n) is 4.19. The minimum absolute atomic E-state index is 0.427. The van der Waals surface area contributed by atoms with Crippen molar-refractivity contribution in [1.82, 2.24) is 10.2 Å². The van der Waals surface area contributed by atoms with Crippen LogP contribution in [0.4, 0.5) is 0 Å². The molecule has 0 amide bonds. The van der Waals surface area contributed by atoms with Crippen LogP contribution in [-0.2, 0) is 0 Å². The van der Waals surface area contributed by atoms with Gasteiger partial charge in [-0.15, -0.1) is 10.2 Å². The van der Waals surface area contributed by atoms with Gasteiger partial charge in [-0.05, 0) is 37.1 Å². The molecule has 0 saturated carbocycles. The Morgan fingerprint density at radius 2 is 1.47 bits per heavy atom. The molecular weight excluding hydrogens is 264 g/mol. The number of hydrogen-bond acceptors (Lipinski definition) is 4. The van der Waals surface area contributed by atoms with Crippen LogP contribution in [0.2, 0.25) is 5.15 Å². The quantitative estimate of drug-likeness (QED) is 0.863. The Kier molecular flexibility index (Phi) is 3.90. The van der Waals surface area contributed by atoms with Crippen LogP contribution in [0.15, 0.2) is 18.2 Å². The summed E-state index contributed by atoms with van der Waals surface area (Å²) in [5.74, 6) is 1.42. The molecule has 0 unspecified atom stereocenters. The highest BCUT2D eigenvalue weighted by molar-refractivity contribution is 6.30. The minimum atomic E-state index is 0.427. The van der Waals surface area contributed by atoms with Crippen molar-refractivity contribution in [3.8, 4) is 22.8 Å². The second kappa shape index (κ2) is 5.45. The Hall–Kier alpha value is -1.81. The number of methoxy groups -OCH3 is 2. The summed E-state index contributed by atoms with van der Waals surface area (Å²) in [4.78, 5) is 0. The van der Waals surface area contributed by atoms with Gasteiger partial charge in [0.25, 0.3) is 0 Å². The summed E-state index contributed by atoms with van der Waals surface area (Å²) in [5, 5.41) is 8.55. The lowest BCUT2D eigenvalue weighted by Crippen LogP contribution is -1.97. The molecule has 4 nitrogen and oxygen atoms in total. The maximum absolute atomic E-state index is 5.97. The van der Waals surface area contributed by atoms with Crippen molar-refractivity contribution in [2.75, 3.05) is 14.2 Å². The summed E-state index contributed by atoms with van der Waals surface area (Å²) >= 11 is 5.97. The van der Waals surface area contributed by atoms with Crippen molar-refractivity contribution in [3.05, 3.63) is 34.5 Å². The first-order valence-corrected chi connectivity index (χ1v) is 6.17. The third kappa shape index (κ3) is 2.63. The predicted octanol–water partition coefficient (Wildman–Crippen LogP) is 3.43. The predicted molar refractivity (Wildman–Crippen MR) is 75.1 cm³/mol. The first-order valence-electron chi connectivity index (χ1n) is 5.79. The van der Waals surface area contributed by atoms with Crippen molar-refractivity contribution in [1.29, 1.82) is 0 Å². The summed E-state index contributed by atoms with van der Waals surface area (Å²) in [6.07, 6.45) is 0. The number of halogens is 1. The van der Waals surface area contributed by atoms with Crippen LogP contribution in [0, 0.1) is 13.8 Å². The van der Waals surface area contributed by atoms with Crippen molar-refractivity contribution in [2.24, 2.45) is 0 Å². The highest BCUT2D eigenvalue weighted by Gasteiger charge is 2.12. The molecule has 0 N–H and O–H groups in total. The van der Waals surface area contributed by atoms with Gasteiger partial charge in [0.1, 0.15) is 11.5 Å². The van der Waals surface area contributed by atoms with Gasteiger partial charge in [-0.1, -0.05) is 11.6 Å². The van der Waals surface area contributed by atoms with Crippen LogP contribution in [0.25, 0.3) is 11.3 Å². The topological polar surface area (TPSA) is 44.2 Å². The normalized spacial score (nSPS) is 10.4. The first kappa shape index (κ1) is 13.6. The Labute approximate surface area is 117 Å².